The van der Waals surface area contributed by atoms with E-state index in [-0.39, 0.29) is 31.2 Å². The van der Waals surface area contributed by atoms with E-state index in [2.05, 4.69) is 4.72 Å². The molecule has 0 aromatic heterocycles. The third kappa shape index (κ3) is 2.95. The molecule has 1 aromatic rings. The van der Waals surface area contributed by atoms with Gasteiger partial charge in [-0.25, -0.2) is 21.9 Å². The van der Waals surface area contributed by atoms with Gasteiger partial charge in [0, 0.05) is 25.6 Å². The molecular formula is C16H18F2N2O3S. The van der Waals surface area contributed by atoms with E-state index in [4.69, 9.17) is 0 Å². The number of hydrogen-bond donors (Lipinski definition) is 1. The molecule has 130 valence electrons. The first-order valence-corrected chi connectivity index (χ1v) is 9.22. The summed E-state index contributed by atoms with van der Waals surface area (Å²) in [6.07, 6.45) is 1.61. The summed E-state index contributed by atoms with van der Waals surface area (Å²) in [5, 5.41) is -0.774. The molecule has 0 radical (unpaired) electrons. The van der Waals surface area contributed by atoms with Gasteiger partial charge < -0.3 is 4.90 Å². The van der Waals surface area contributed by atoms with E-state index in [0.29, 0.717) is 5.56 Å². The van der Waals surface area contributed by atoms with Crippen molar-refractivity contribution in [2.45, 2.75) is 24.1 Å². The summed E-state index contributed by atoms with van der Waals surface area (Å²) in [7, 11) is -2.19. The van der Waals surface area contributed by atoms with Crippen molar-refractivity contribution in [1.82, 2.24) is 9.62 Å². The SMILES string of the molecule is CN1C(=O)C(F)=C[C@@H]2[C@H]1C[C@H]2S(=O)(=O)NCCc1ccccc1F. The minimum absolute atomic E-state index is 0.0676. The maximum atomic E-state index is 13.6. The summed E-state index contributed by atoms with van der Waals surface area (Å²) in [5.41, 5.74) is 0.431. The Bertz CT molecular complexity index is 794. The Morgan fingerprint density at radius 3 is 2.71 bits per heavy atom. The van der Waals surface area contributed by atoms with Crippen LogP contribution in [0.25, 0.3) is 0 Å². The van der Waals surface area contributed by atoms with Crippen LogP contribution in [-0.4, -0.2) is 44.1 Å². The lowest BCUT2D eigenvalue weighted by Crippen LogP contribution is -2.61. The normalized spacial score (nSPS) is 26.6. The number of likely N-dealkylation sites (N-methyl/N-ethyl adjacent to an activating group) is 1. The average molecular weight is 356 g/mol. The second kappa shape index (κ2) is 6.25. The Kier molecular flexibility index (Phi) is 4.44. The highest BCUT2D eigenvalue weighted by Crippen LogP contribution is 2.41. The van der Waals surface area contributed by atoms with Crippen LogP contribution < -0.4 is 4.72 Å². The van der Waals surface area contributed by atoms with Gasteiger partial charge in [0.2, 0.25) is 10.0 Å². The van der Waals surface area contributed by atoms with E-state index in [0.717, 1.165) is 6.08 Å². The maximum Gasteiger partial charge on any atom is 0.282 e. The molecule has 1 N–H and O–H groups in total. The molecule has 1 aromatic carbocycles. The Morgan fingerprint density at radius 1 is 1.29 bits per heavy atom. The fraction of sp³-hybridized carbons (Fsp3) is 0.438. The smallest absolute Gasteiger partial charge is 0.282 e. The Balaban J connectivity index is 1.63. The van der Waals surface area contributed by atoms with Gasteiger partial charge in [-0.2, -0.15) is 0 Å². The van der Waals surface area contributed by atoms with E-state index in [1.54, 1.807) is 18.2 Å². The summed E-state index contributed by atoms with van der Waals surface area (Å²) in [4.78, 5) is 12.8. The van der Waals surface area contributed by atoms with Crippen molar-refractivity contribution in [2.24, 2.45) is 5.92 Å². The highest BCUT2D eigenvalue weighted by molar-refractivity contribution is 7.90. The summed E-state index contributed by atoms with van der Waals surface area (Å²) >= 11 is 0. The molecule has 1 amide bonds. The van der Waals surface area contributed by atoms with Crippen LogP contribution in [0, 0.1) is 11.7 Å². The number of benzene rings is 1. The van der Waals surface area contributed by atoms with Crippen molar-refractivity contribution in [1.29, 1.82) is 0 Å². The number of carbonyl (C=O) groups excluding carboxylic acids is 1. The zero-order valence-corrected chi connectivity index (χ0v) is 13.9. The molecule has 3 atom stereocenters. The van der Waals surface area contributed by atoms with Crippen LogP contribution in [0.5, 0.6) is 0 Å². The van der Waals surface area contributed by atoms with Crippen LogP contribution in [0.15, 0.2) is 36.2 Å². The molecule has 0 spiro atoms. The van der Waals surface area contributed by atoms with E-state index in [1.165, 1.54) is 18.0 Å². The quantitative estimate of drug-likeness (QED) is 0.867. The molecule has 3 rings (SSSR count). The molecule has 0 unspecified atom stereocenters. The number of nitrogens with one attached hydrogen (secondary N) is 1. The molecule has 0 saturated heterocycles. The first-order valence-electron chi connectivity index (χ1n) is 7.67. The molecule has 1 fully saturated rings. The van der Waals surface area contributed by atoms with E-state index < -0.39 is 32.9 Å². The van der Waals surface area contributed by atoms with Gasteiger partial charge in [-0.15, -0.1) is 0 Å². The first kappa shape index (κ1) is 17.0. The Hall–Kier alpha value is -1.80. The van der Waals surface area contributed by atoms with Gasteiger partial charge >= 0.3 is 0 Å². The second-order valence-corrected chi connectivity index (χ2v) is 8.11. The fourth-order valence-electron chi connectivity index (χ4n) is 3.27. The second-order valence-electron chi connectivity index (χ2n) is 6.13. The van der Waals surface area contributed by atoms with Crippen molar-refractivity contribution in [3.05, 3.63) is 47.5 Å². The number of fused-ring (bicyclic) bond motifs is 1. The first-order chi connectivity index (χ1) is 11.3. The summed E-state index contributed by atoms with van der Waals surface area (Å²) < 4.78 is 54.3. The minimum Gasteiger partial charge on any atom is -0.336 e. The van der Waals surface area contributed by atoms with Crippen LogP contribution >= 0.6 is 0 Å². The van der Waals surface area contributed by atoms with E-state index in [1.807, 2.05) is 0 Å². The predicted octanol–water partition coefficient (Wildman–Crippen LogP) is 1.37. The van der Waals surface area contributed by atoms with E-state index >= 15 is 0 Å². The molecule has 1 aliphatic heterocycles. The van der Waals surface area contributed by atoms with Crippen LogP contribution in [0.4, 0.5) is 8.78 Å². The van der Waals surface area contributed by atoms with E-state index in [9.17, 15) is 22.0 Å². The van der Waals surface area contributed by atoms with Gasteiger partial charge in [0.25, 0.3) is 5.91 Å². The van der Waals surface area contributed by atoms with Gasteiger partial charge in [0.1, 0.15) is 5.82 Å². The third-order valence-corrected chi connectivity index (χ3v) is 6.67. The Morgan fingerprint density at radius 2 is 2.00 bits per heavy atom. The van der Waals surface area contributed by atoms with Crippen molar-refractivity contribution >= 4 is 15.9 Å². The molecule has 1 heterocycles. The topological polar surface area (TPSA) is 66.5 Å². The maximum absolute atomic E-state index is 13.6. The predicted molar refractivity (Wildman–Crippen MR) is 84.7 cm³/mol. The van der Waals surface area contributed by atoms with Crippen molar-refractivity contribution in [2.75, 3.05) is 13.6 Å². The Labute approximate surface area is 139 Å². The zero-order valence-electron chi connectivity index (χ0n) is 13.1. The van der Waals surface area contributed by atoms with Crippen LogP contribution in [0.2, 0.25) is 0 Å². The lowest BCUT2D eigenvalue weighted by atomic mass is 9.76. The van der Waals surface area contributed by atoms with Gasteiger partial charge in [-0.05, 0) is 30.5 Å². The lowest BCUT2D eigenvalue weighted by Gasteiger charge is -2.48. The molecule has 8 heteroatoms. The van der Waals surface area contributed by atoms with Crippen molar-refractivity contribution < 1.29 is 22.0 Å². The fourth-order valence-corrected chi connectivity index (χ4v) is 4.99. The van der Waals surface area contributed by atoms with Gasteiger partial charge in [0.15, 0.2) is 5.83 Å². The number of nitrogens with zero attached hydrogens (tertiary/aromatic N) is 1. The average Bonchev–Trinajstić information content (AvgIpc) is 2.50. The highest BCUT2D eigenvalue weighted by Gasteiger charge is 2.52. The van der Waals surface area contributed by atoms with Crippen molar-refractivity contribution in [3.8, 4) is 0 Å². The number of amides is 1. The standard InChI is InChI=1S/C16H18F2N2O3S/c1-20-14-9-15(11(14)8-13(18)16(20)21)24(22,23)19-7-6-10-4-2-3-5-12(10)17/h2-5,8,11,14-15,19H,6-7,9H2,1H3/t11-,14-,15-/m1/s1. The van der Waals surface area contributed by atoms with Crippen LogP contribution in [-0.2, 0) is 21.2 Å². The monoisotopic (exact) mass is 356 g/mol. The molecule has 1 saturated carbocycles. The zero-order chi connectivity index (χ0) is 17.5. The largest absolute Gasteiger partial charge is 0.336 e. The summed E-state index contributed by atoms with van der Waals surface area (Å²) in [6.45, 7) is 0.0676. The van der Waals surface area contributed by atoms with Crippen LogP contribution in [0.3, 0.4) is 0 Å². The number of carbonyl (C=O) groups is 1. The lowest BCUT2D eigenvalue weighted by molar-refractivity contribution is -0.133. The van der Waals surface area contributed by atoms with Crippen LogP contribution in [0.1, 0.15) is 12.0 Å². The number of rotatable bonds is 5. The summed E-state index contributed by atoms with van der Waals surface area (Å²) in [5.74, 6) is -2.54. The number of sulfonamides is 1. The van der Waals surface area contributed by atoms with Crippen molar-refractivity contribution in [3.63, 3.8) is 0 Å². The van der Waals surface area contributed by atoms with Gasteiger partial charge in [-0.1, -0.05) is 18.2 Å². The highest BCUT2D eigenvalue weighted by atomic mass is 32.2. The molecule has 24 heavy (non-hydrogen) atoms. The molecule has 5 nitrogen and oxygen atoms in total. The molecular weight excluding hydrogens is 338 g/mol. The number of hydrogen-bond acceptors (Lipinski definition) is 3. The molecule has 1 aliphatic carbocycles. The summed E-state index contributed by atoms with van der Waals surface area (Å²) in [6, 6.07) is 5.89. The van der Waals surface area contributed by atoms with Gasteiger partial charge in [-0.3, -0.25) is 4.79 Å². The third-order valence-electron chi connectivity index (χ3n) is 4.76. The van der Waals surface area contributed by atoms with Gasteiger partial charge in [0.05, 0.1) is 5.25 Å². The minimum atomic E-state index is -3.66. The molecule has 2 aliphatic rings. The molecule has 0 bridgehead atoms. The number of halogens is 2.